The molecule has 0 aliphatic carbocycles. The Bertz CT molecular complexity index is 1160. The lowest BCUT2D eigenvalue weighted by Gasteiger charge is -2.14. The quantitative estimate of drug-likeness (QED) is 0.482. The third-order valence-corrected chi connectivity index (χ3v) is 5.14. The Labute approximate surface area is 177 Å². The zero-order valence-corrected chi connectivity index (χ0v) is 17.2. The van der Waals surface area contributed by atoms with E-state index in [0.717, 1.165) is 11.3 Å². The SMILES string of the molecule is Cc1cc(NC(=O)[C@H](C)Oc2ccccc2)n(-c2nc(-c3ccc(F)cc3)cs2)n1. The maximum atomic E-state index is 13.2. The summed E-state index contributed by atoms with van der Waals surface area (Å²) in [5, 5.41) is 9.77. The molecule has 2 aromatic carbocycles. The number of carbonyl (C=O) groups is 1. The van der Waals surface area contributed by atoms with Crippen LogP contribution in [0.25, 0.3) is 16.4 Å². The number of ether oxygens (including phenoxy) is 1. The number of aryl methyl sites for hydroxylation is 1. The van der Waals surface area contributed by atoms with Crippen LogP contribution in [-0.2, 0) is 4.79 Å². The number of carbonyl (C=O) groups excluding carboxylic acids is 1. The van der Waals surface area contributed by atoms with Gasteiger partial charge in [-0.25, -0.2) is 9.37 Å². The van der Waals surface area contributed by atoms with E-state index in [2.05, 4.69) is 15.4 Å². The molecule has 1 N–H and O–H groups in total. The highest BCUT2D eigenvalue weighted by molar-refractivity contribution is 7.12. The first-order valence-electron chi connectivity index (χ1n) is 9.30. The molecule has 0 fully saturated rings. The number of para-hydroxylation sites is 1. The van der Waals surface area contributed by atoms with E-state index in [1.807, 2.05) is 30.5 Å². The molecule has 0 radical (unpaired) electrons. The van der Waals surface area contributed by atoms with Crippen LogP contribution in [0, 0.1) is 12.7 Å². The number of hydrogen-bond donors (Lipinski definition) is 1. The van der Waals surface area contributed by atoms with Gasteiger partial charge in [0.05, 0.1) is 11.4 Å². The molecule has 0 saturated heterocycles. The van der Waals surface area contributed by atoms with E-state index >= 15 is 0 Å². The second-order valence-electron chi connectivity index (χ2n) is 6.67. The third kappa shape index (κ3) is 4.38. The highest BCUT2D eigenvalue weighted by atomic mass is 32.1. The van der Waals surface area contributed by atoms with Gasteiger partial charge < -0.3 is 10.1 Å². The van der Waals surface area contributed by atoms with Gasteiger partial charge in [-0.15, -0.1) is 11.3 Å². The van der Waals surface area contributed by atoms with Crippen LogP contribution in [0.5, 0.6) is 5.75 Å². The van der Waals surface area contributed by atoms with Gasteiger partial charge in [-0.1, -0.05) is 18.2 Å². The molecule has 8 heteroatoms. The van der Waals surface area contributed by atoms with Gasteiger partial charge in [-0.05, 0) is 50.2 Å². The zero-order valence-electron chi connectivity index (χ0n) is 16.4. The Balaban J connectivity index is 1.53. The van der Waals surface area contributed by atoms with Gasteiger partial charge >= 0.3 is 0 Å². The number of amides is 1. The van der Waals surface area contributed by atoms with E-state index in [4.69, 9.17) is 4.74 Å². The second-order valence-corrected chi connectivity index (χ2v) is 7.50. The molecule has 0 saturated carbocycles. The fourth-order valence-electron chi connectivity index (χ4n) is 2.83. The highest BCUT2D eigenvalue weighted by Gasteiger charge is 2.19. The molecule has 0 aliphatic rings. The molecule has 30 heavy (non-hydrogen) atoms. The lowest BCUT2D eigenvalue weighted by Crippen LogP contribution is -2.30. The second kappa shape index (κ2) is 8.46. The molecule has 4 aromatic rings. The Morgan fingerprint density at radius 1 is 1.17 bits per heavy atom. The van der Waals surface area contributed by atoms with Crippen LogP contribution in [0.2, 0.25) is 0 Å². The molecule has 2 aromatic heterocycles. The first-order chi connectivity index (χ1) is 14.5. The highest BCUT2D eigenvalue weighted by Crippen LogP contribution is 2.26. The van der Waals surface area contributed by atoms with Crippen molar-refractivity contribution in [3.8, 4) is 22.1 Å². The predicted molar refractivity (Wildman–Crippen MR) is 115 cm³/mol. The van der Waals surface area contributed by atoms with Gasteiger partial charge in [0.2, 0.25) is 5.13 Å². The van der Waals surface area contributed by atoms with E-state index in [0.29, 0.717) is 22.4 Å². The summed E-state index contributed by atoms with van der Waals surface area (Å²) < 4.78 is 20.4. The summed E-state index contributed by atoms with van der Waals surface area (Å²) >= 11 is 1.38. The number of hydrogen-bond acceptors (Lipinski definition) is 5. The van der Waals surface area contributed by atoms with Crippen molar-refractivity contribution < 1.29 is 13.9 Å². The van der Waals surface area contributed by atoms with Gasteiger partial charge in [0.15, 0.2) is 6.10 Å². The topological polar surface area (TPSA) is 69.0 Å². The lowest BCUT2D eigenvalue weighted by atomic mass is 10.2. The number of thiazole rings is 1. The minimum absolute atomic E-state index is 0.296. The van der Waals surface area contributed by atoms with E-state index in [1.165, 1.54) is 23.5 Å². The maximum Gasteiger partial charge on any atom is 0.266 e. The van der Waals surface area contributed by atoms with E-state index in [9.17, 15) is 9.18 Å². The summed E-state index contributed by atoms with van der Waals surface area (Å²) in [6.45, 7) is 3.52. The van der Waals surface area contributed by atoms with Crippen molar-refractivity contribution in [3.63, 3.8) is 0 Å². The standard InChI is InChI=1S/C22H19FN4O2S/c1-14-12-20(25-21(28)15(2)29-18-6-4-3-5-7-18)27(26-14)22-24-19(13-30-22)16-8-10-17(23)11-9-16/h3-13,15H,1-2H3,(H,25,28)/t15-/m0/s1. The monoisotopic (exact) mass is 422 g/mol. The molecular weight excluding hydrogens is 403 g/mol. The van der Waals surface area contributed by atoms with Crippen LogP contribution in [0.3, 0.4) is 0 Å². The summed E-state index contributed by atoms with van der Waals surface area (Å²) in [7, 11) is 0. The summed E-state index contributed by atoms with van der Waals surface area (Å²) in [4.78, 5) is 17.2. The van der Waals surface area contributed by atoms with Crippen LogP contribution in [0.4, 0.5) is 10.2 Å². The van der Waals surface area contributed by atoms with Crippen molar-refractivity contribution in [1.29, 1.82) is 0 Å². The first-order valence-corrected chi connectivity index (χ1v) is 10.2. The molecule has 152 valence electrons. The average Bonchev–Trinajstić information content (AvgIpc) is 3.36. The molecule has 1 amide bonds. The van der Waals surface area contributed by atoms with E-state index in [1.54, 1.807) is 41.9 Å². The summed E-state index contributed by atoms with van der Waals surface area (Å²) in [6.07, 6.45) is -0.692. The van der Waals surface area contributed by atoms with Crippen LogP contribution >= 0.6 is 11.3 Å². The molecule has 0 unspecified atom stereocenters. The Kier molecular flexibility index (Phi) is 5.58. The molecule has 1 atom stereocenters. The van der Waals surface area contributed by atoms with E-state index in [-0.39, 0.29) is 11.7 Å². The van der Waals surface area contributed by atoms with Crippen molar-refractivity contribution in [2.75, 3.05) is 5.32 Å². The molecule has 4 rings (SSSR count). The Hall–Kier alpha value is -3.52. The number of nitrogens with zero attached hydrogens (tertiary/aromatic N) is 3. The van der Waals surface area contributed by atoms with Crippen molar-refractivity contribution in [3.05, 3.63) is 77.6 Å². The normalized spacial score (nSPS) is 11.8. The van der Waals surface area contributed by atoms with E-state index < -0.39 is 6.10 Å². The third-order valence-electron chi connectivity index (χ3n) is 4.32. The fraction of sp³-hybridized carbons (Fsp3) is 0.136. The average molecular weight is 422 g/mol. The van der Waals surface area contributed by atoms with Gasteiger partial charge in [0.1, 0.15) is 17.4 Å². The van der Waals surface area contributed by atoms with Crippen molar-refractivity contribution in [1.82, 2.24) is 14.8 Å². The largest absolute Gasteiger partial charge is 0.481 e. The lowest BCUT2D eigenvalue weighted by molar-refractivity contribution is -0.122. The number of rotatable bonds is 6. The van der Waals surface area contributed by atoms with Crippen LogP contribution in [0.15, 0.2) is 66.0 Å². The van der Waals surface area contributed by atoms with Crippen molar-refractivity contribution in [2.45, 2.75) is 20.0 Å². The summed E-state index contributed by atoms with van der Waals surface area (Å²) in [5.41, 5.74) is 2.25. The molecule has 0 spiro atoms. The number of nitrogens with one attached hydrogen (secondary N) is 1. The van der Waals surface area contributed by atoms with Crippen LogP contribution in [-0.4, -0.2) is 26.8 Å². The maximum absolute atomic E-state index is 13.2. The Morgan fingerprint density at radius 3 is 2.63 bits per heavy atom. The minimum atomic E-state index is -0.692. The molecule has 2 heterocycles. The van der Waals surface area contributed by atoms with Crippen LogP contribution < -0.4 is 10.1 Å². The van der Waals surface area contributed by atoms with Crippen molar-refractivity contribution >= 4 is 23.1 Å². The molecule has 6 nitrogen and oxygen atoms in total. The smallest absolute Gasteiger partial charge is 0.266 e. The molecular formula is C22H19FN4O2S. The van der Waals surface area contributed by atoms with Crippen molar-refractivity contribution in [2.24, 2.45) is 0 Å². The Morgan fingerprint density at radius 2 is 1.90 bits per heavy atom. The minimum Gasteiger partial charge on any atom is -0.481 e. The summed E-state index contributed by atoms with van der Waals surface area (Å²) in [5.74, 6) is 0.527. The number of anilines is 1. The van der Waals surface area contributed by atoms with Crippen LogP contribution in [0.1, 0.15) is 12.6 Å². The van der Waals surface area contributed by atoms with Gasteiger partial charge in [0.25, 0.3) is 5.91 Å². The van der Waals surface area contributed by atoms with Gasteiger partial charge in [0, 0.05) is 17.0 Å². The number of benzene rings is 2. The van der Waals surface area contributed by atoms with Gasteiger partial charge in [-0.3, -0.25) is 4.79 Å². The molecule has 0 bridgehead atoms. The summed E-state index contributed by atoms with van der Waals surface area (Å²) in [6, 6.07) is 17.1. The van der Waals surface area contributed by atoms with Gasteiger partial charge in [-0.2, -0.15) is 9.78 Å². The predicted octanol–water partition coefficient (Wildman–Crippen LogP) is 4.85. The fourth-order valence-corrected chi connectivity index (χ4v) is 3.63. The number of aromatic nitrogens is 3. The first kappa shape index (κ1) is 19.8. The molecule has 0 aliphatic heterocycles. The zero-order chi connectivity index (χ0) is 21.1. The number of halogens is 1.